The molecule has 5 rings (SSSR count). The lowest BCUT2D eigenvalue weighted by Gasteiger charge is -2.40. The van der Waals surface area contributed by atoms with Crippen LogP contribution in [0.15, 0.2) is 24.3 Å². The van der Waals surface area contributed by atoms with Gasteiger partial charge in [0.2, 0.25) is 5.91 Å². The first kappa shape index (κ1) is 24.2. The molecule has 1 amide bonds. The highest BCUT2D eigenvalue weighted by Crippen LogP contribution is 2.34. The van der Waals surface area contributed by atoms with Gasteiger partial charge in [0.05, 0.1) is 7.11 Å². The summed E-state index contributed by atoms with van der Waals surface area (Å²) in [6, 6.07) is 8.95. The summed E-state index contributed by atoms with van der Waals surface area (Å²) in [5.74, 6) is 3.28. The Morgan fingerprint density at radius 2 is 1.80 bits per heavy atom. The van der Waals surface area contributed by atoms with Crippen LogP contribution in [0.2, 0.25) is 0 Å². The lowest BCUT2D eigenvalue weighted by molar-refractivity contribution is -0.119. The van der Waals surface area contributed by atoms with Crippen LogP contribution in [0.25, 0.3) is 0 Å². The van der Waals surface area contributed by atoms with Crippen LogP contribution >= 0.6 is 0 Å². The van der Waals surface area contributed by atoms with Crippen molar-refractivity contribution in [3.8, 4) is 5.75 Å². The molecule has 1 saturated carbocycles. The van der Waals surface area contributed by atoms with Gasteiger partial charge in [-0.15, -0.1) is 0 Å². The second-order valence-electron chi connectivity index (χ2n) is 10.6. The molecule has 2 aliphatic heterocycles. The number of methoxy groups -OCH3 is 1. The maximum atomic E-state index is 13.0. The van der Waals surface area contributed by atoms with E-state index in [2.05, 4.69) is 24.0 Å². The number of rotatable bonds is 7. The van der Waals surface area contributed by atoms with Gasteiger partial charge in [0, 0.05) is 42.7 Å². The first-order chi connectivity index (χ1) is 17.1. The van der Waals surface area contributed by atoms with E-state index >= 15 is 0 Å². The third-order valence-corrected chi connectivity index (χ3v) is 8.27. The van der Waals surface area contributed by atoms with Crippen LogP contribution in [-0.2, 0) is 17.6 Å². The van der Waals surface area contributed by atoms with Crippen LogP contribution in [0.1, 0.15) is 86.4 Å². The van der Waals surface area contributed by atoms with Crippen molar-refractivity contribution in [2.75, 3.05) is 31.6 Å². The van der Waals surface area contributed by atoms with Crippen molar-refractivity contribution < 1.29 is 9.53 Å². The SMILES string of the molecule is COc1ccc(CCCN2C(=O)CCc3c(C)nc([C@@H]4CCCN(C5CCCCC5)C4)nc32)cc1. The highest BCUT2D eigenvalue weighted by Gasteiger charge is 2.32. The van der Waals surface area contributed by atoms with E-state index < -0.39 is 0 Å². The smallest absolute Gasteiger partial charge is 0.228 e. The molecule has 2 aromatic rings. The van der Waals surface area contributed by atoms with Crippen LogP contribution in [0.4, 0.5) is 5.82 Å². The summed E-state index contributed by atoms with van der Waals surface area (Å²) in [7, 11) is 1.69. The summed E-state index contributed by atoms with van der Waals surface area (Å²) < 4.78 is 5.27. The summed E-state index contributed by atoms with van der Waals surface area (Å²) in [5.41, 5.74) is 3.49. The number of ether oxygens (including phenoxy) is 1. The molecule has 35 heavy (non-hydrogen) atoms. The van der Waals surface area contributed by atoms with Gasteiger partial charge >= 0.3 is 0 Å². The third-order valence-electron chi connectivity index (χ3n) is 8.27. The quantitative estimate of drug-likeness (QED) is 0.549. The highest BCUT2D eigenvalue weighted by atomic mass is 16.5. The van der Waals surface area contributed by atoms with Gasteiger partial charge < -0.3 is 4.74 Å². The number of hydrogen-bond donors (Lipinski definition) is 0. The Kier molecular flexibility index (Phi) is 7.66. The predicted molar refractivity (Wildman–Crippen MR) is 139 cm³/mol. The van der Waals surface area contributed by atoms with Crippen molar-refractivity contribution in [1.29, 1.82) is 0 Å². The van der Waals surface area contributed by atoms with Crippen molar-refractivity contribution in [2.24, 2.45) is 0 Å². The van der Waals surface area contributed by atoms with E-state index in [1.165, 1.54) is 50.6 Å². The minimum atomic E-state index is 0.198. The average Bonchev–Trinajstić information content (AvgIpc) is 2.91. The first-order valence-electron chi connectivity index (χ1n) is 13.7. The second-order valence-corrected chi connectivity index (χ2v) is 10.6. The number of piperidine rings is 1. The number of nitrogens with zero attached hydrogens (tertiary/aromatic N) is 4. The Morgan fingerprint density at radius 1 is 1.00 bits per heavy atom. The molecule has 0 spiro atoms. The molecule has 188 valence electrons. The zero-order valence-electron chi connectivity index (χ0n) is 21.5. The number of fused-ring (bicyclic) bond motifs is 1. The van der Waals surface area contributed by atoms with E-state index in [0.29, 0.717) is 18.9 Å². The van der Waals surface area contributed by atoms with Gasteiger partial charge in [0.25, 0.3) is 0 Å². The topological polar surface area (TPSA) is 58.6 Å². The number of aryl methyl sites for hydroxylation is 2. The molecule has 1 atom stereocenters. The molecule has 3 aliphatic rings. The fourth-order valence-electron chi connectivity index (χ4n) is 6.24. The Morgan fingerprint density at radius 3 is 2.57 bits per heavy atom. The number of amides is 1. The van der Waals surface area contributed by atoms with Gasteiger partial charge in [0.1, 0.15) is 17.4 Å². The van der Waals surface area contributed by atoms with Crippen LogP contribution in [0.3, 0.4) is 0 Å². The van der Waals surface area contributed by atoms with Crippen molar-refractivity contribution in [3.63, 3.8) is 0 Å². The molecule has 1 aromatic heterocycles. The Balaban J connectivity index is 1.30. The van der Waals surface area contributed by atoms with Gasteiger partial charge in [-0.1, -0.05) is 31.4 Å². The number of benzene rings is 1. The number of hydrogen-bond acceptors (Lipinski definition) is 5. The molecule has 0 bridgehead atoms. The van der Waals surface area contributed by atoms with E-state index in [0.717, 1.165) is 66.9 Å². The molecule has 0 unspecified atom stereocenters. The van der Waals surface area contributed by atoms with E-state index in [1.54, 1.807) is 7.11 Å². The molecule has 6 heteroatoms. The molecule has 3 heterocycles. The summed E-state index contributed by atoms with van der Waals surface area (Å²) in [5, 5.41) is 0. The van der Waals surface area contributed by atoms with Crippen molar-refractivity contribution in [2.45, 2.75) is 89.5 Å². The molecular formula is C29H40N4O2. The Labute approximate surface area is 210 Å². The molecule has 1 aromatic carbocycles. The number of carbonyl (C=O) groups is 1. The minimum Gasteiger partial charge on any atom is -0.497 e. The van der Waals surface area contributed by atoms with Gasteiger partial charge in [0.15, 0.2) is 0 Å². The van der Waals surface area contributed by atoms with Crippen LogP contribution in [0, 0.1) is 6.92 Å². The molecule has 0 radical (unpaired) electrons. The fraction of sp³-hybridized carbons (Fsp3) is 0.621. The molecule has 0 N–H and O–H groups in total. The van der Waals surface area contributed by atoms with Crippen molar-refractivity contribution >= 4 is 11.7 Å². The lowest BCUT2D eigenvalue weighted by Crippen LogP contribution is -2.43. The van der Waals surface area contributed by atoms with E-state index in [9.17, 15) is 4.79 Å². The zero-order valence-corrected chi connectivity index (χ0v) is 21.5. The number of anilines is 1. The zero-order chi connectivity index (χ0) is 24.2. The summed E-state index contributed by atoms with van der Waals surface area (Å²) in [4.78, 5) is 27.8. The molecule has 1 aliphatic carbocycles. The number of carbonyl (C=O) groups excluding carboxylic acids is 1. The van der Waals surface area contributed by atoms with E-state index in [-0.39, 0.29) is 5.91 Å². The maximum Gasteiger partial charge on any atom is 0.228 e. The van der Waals surface area contributed by atoms with Gasteiger partial charge in [-0.25, -0.2) is 9.97 Å². The molecule has 6 nitrogen and oxygen atoms in total. The Hall–Kier alpha value is -2.47. The van der Waals surface area contributed by atoms with Gasteiger partial charge in [-0.05, 0) is 76.1 Å². The first-order valence-corrected chi connectivity index (χ1v) is 13.7. The standard InChI is InChI=1S/C29H40N4O2/c1-21-26-16-17-27(34)33(19-6-8-22-12-14-25(35-2)15-13-22)29(26)31-28(30-21)23-9-7-18-32(20-23)24-10-4-3-5-11-24/h12-15,23-24H,3-11,16-20H2,1-2H3/t23-/m1/s1. The monoisotopic (exact) mass is 476 g/mol. The van der Waals surface area contributed by atoms with Crippen LogP contribution in [-0.4, -0.2) is 53.6 Å². The van der Waals surface area contributed by atoms with Gasteiger partial charge in [-0.3, -0.25) is 14.6 Å². The van der Waals surface area contributed by atoms with Gasteiger partial charge in [-0.2, -0.15) is 0 Å². The largest absolute Gasteiger partial charge is 0.497 e. The number of likely N-dealkylation sites (tertiary alicyclic amines) is 1. The fourth-order valence-corrected chi connectivity index (χ4v) is 6.24. The molecule has 1 saturated heterocycles. The van der Waals surface area contributed by atoms with Crippen molar-refractivity contribution in [1.82, 2.24) is 14.9 Å². The average molecular weight is 477 g/mol. The maximum absolute atomic E-state index is 13.0. The van der Waals surface area contributed by atoms with E-state index in [1.807, 2.05) is 17.0 Å². The van der Waals surface area contributed by atoms with Crippen LogP contribution in [0.5, 0.6) is 5.75 Å². The highest BCUT2D eigenvalue weighted by molar-refractivity contribution is 5.95. The van der Waals surface area contributed by atoms with E-state index in [4.69, 9.17) is 14.7 Å². The summed E-state index contributed by atoms with van der Waals surface area (Å²) in [6.45, 7) is 5.08. The minimum absolute atomic E-state index is 0.198. The predicted octanol–water partition coefficient (Wildman–Crippen LogP) is 5.22. The Bertz CT molecular complexity index is 1020. The summed E-state index contributed by atoms with van der Waals surface area (Å²) >= 11 is 0. The lowest BCUT2D eigenvalue weighted by atomic mass is 9.89. The third kappa shape index (κ3) is 5.53. The number of aromatic nitrogens is 2. The second kappa shape index (κ2) is 11.1. The molecular weight excluding hydrogens is 436 g/mol. The van der Waals surface area contributed by atoms with Crippen LogP contribution < -0.4 is 9.64 Å². The normalized spacial score (nSPS) is 21.7. The molecule has 2 fully saturated rings. The summed E-state index contributed by atoms with van der Waals surface area (Å²) in [6.07, 6.45) is 12.3. The van der Waals surface area contributed by atoms with Crippen molar-refractivity contribution in [3.05, 3.63) is 46.9 Å².